The van der Waals surface area contributed by atoms with Gasteiger partial charge in [0, 0.05) is 50.7 Å². The summed E-state index contributed by atoms with van der Waals surface area (Å²) in [5, 5.41) is 0. The lowest BCUT2D eigenvalue weighted by Gasteiger charge is -2.41. The maximum atomic E-state index is 4.50. The van der Waals surface area contributed by atoms with Gasteiger partial charge in [0.2, 0.25) is 0 Å². The number of aromatic nitrogens is 2. The zero-order chi connectivity index (χ0) is 16.5. The van der Waals surface area contributed by atoms with Crippen LogP contribution in [-0.2, 0) is 0 Å². The molecule has 1 saturated heterocycles. The van der Waals surface area contributed by atoms with Crippen LogP contribution in [0.15, 0.2) is 42.9 Å². The second-order valence-electron chi connectivity index (χ2n) is 6.93. The largest absolute Gasteiger partial charge is 0.364 e. The zero-order valence-electron chi connectivity index (χ0n) is 14.5. The molecule has 126 valence electrons. The molecule has 0 aliphatic carbocycles. The number of hydrogen-bond donors (Lipinski definition) is 0. The minimum absolute atomic E-state index is 0.609. The van der Waals surface area contributed by atoms with Crippen molar-refractivity contribution in [2.24, 2.45) is 0 Å². The normalized spacial score (nSPS) is 21.4. The number of nitrogens with zero attached hydrogens (tertiary/aromatic N) is 5. The number of para-hydroxylation sites is 2. The first-order chi connectivity index (χ1) is 11.7. The van der Waals surface area contributed by atoms with E-state index in [-0.39, 0.29) is 0 Å². The molecule has 0 radical (unpaired) electrons. The van der Waals surface area contributed by atoms with Crippen molar-refractivity contribution in [3.8, 4) is 0 Å². The average Bonchev–Trinajstić information content (AvgIpc) is 3.12. The summed E-state index contributed by atoms with van der Waals surface area (Å²) in [6.07, 6.45) is 6.59. The molecular weight excluding hydrogens is 298 g/mol. The van der Waals surface area contributed by atoms with Crippen molar-refractivity contribution in [2.75, 3.05) is 36.0 Å². The van der Waals surface area contributed by atoms with E-state index in [0.29, 0.717) is 12.1 Å². The van der Waals surface area contributed by atoms with Crippen LogP contribution >= 0.6 is 0 Å². The predicted octanol–water partition coefficient (Wildman–Crippen LogP) is 2.92. The van der Waals surface area contributed by atoms with Crippen molar-refractivity contribution in [3.63, 3.8) is 0 Å². The van der Waals surface area contributed by atoms with Gasteiger partial charge in [0.25, 0.3) is 0 Å². The monoisotopic (exact) mass is 323 g/mol. The second kappa shape index (κ2) is 6.40. The fraction of sp³-hybridized carbons (Fsp3) is 0.474. The maximum Gasteiger partial charge on any atom is 0.151 e. The summed E-state index contributed by atoms with van der Waals surface area (Å²) in [4.78, 5) is 16.2. The molecule has 0 N–H and O–H groups in total. The van der Waals surface area contributed by atoms with Crippen LogP contribution in [-0.4, -0.2) is 53.1 Å². The van der Waals surface area contributed by atoms with Gasteiger partial charge in [-0.2, -0.15) is 0 Å². The highest BCUT2D eigenvalue weighted by molar-refractivity contribution is 5.78. The molecule has 0 bridgehead atoms. The van der Waals surface area contributed by atoms with Gasteiger partial charge < -0.3 is 9.80 Å². The van der Waals surface area contributed by atoms with E-state index in [1.54, 1.807) is 12.4 Å². The number of rotatable bonds is 3. The van der Waals surface area contributed by atoms with Gasteiger partial charge in [0.1, 0.15) is 0 Å². The van der Waals surface area contributed by atoms with Crippen LogP contribution in [0.4, 0.5) is 17.2 Å². The summed E-state index contributed by atoms with van der Waals surface area (Å²) in [5.74, 6) is 0.930. The molecule has 0 saturated carbocycles. The highest BCUT2D eigenvalue weighted by Crippen LogP contribution is 2.38. The fourth-order valence-electron chi connectivity index (χ4n) is 3.92. The van der Waals surface area contributed by atoms with E-state index in [4.69, 9.17) is 0 Å². The lowest BCUT2D eigenvalue weighted by Crippen LogP contribution is -2.46. The smallest absolute Gasteiger partial charge is 0.151 e. The number of hydrogen-bond acceptors (Lipinski definition) is 5. The maximum absolute atomic E-state index is 4.50. The van der Waals surface area contributed by atoms with Gasteiger partial charge in [0.05, 0.1) is 17.6 Å². The van der Waals surface area contributed by atoms with Gasteiger partial charge in [0.15, 0.2) is 5.82 Å². The average molecular weight is 323 g/mol. The predicted molar refractivity (Wildman–Crippen MR) is 97.9 cm³/mol. The van der Waals surface area contributed by atoms with Gasteiger partial charge in [-0.3, -0.25) is 9.88 Å². The highest BCUT2D eigenvalue weighted by Gasteiger charge is 2.33. The molecule has 5 nitrogen and oxygen atoms in total. The van der Waals surface area contributed by atoms with Crippen LogP contribution in [0, 0.1) is 0 Å². The molecule has 0 unspecified atom stereocenters. The van der Waals surface area contributed by atoms with E-state index in [9.17, 15) is 0 Å². The Morgan fingerprint density at radius 3 is 2.58 bits per heavy atom. The summed E-state index contributed by atoms with van der Waals surface area (Å²) >= 11 is 0. The van der Waals surface area contributed by atoms with Crippen molar-refractivity contribution in [1.82, 2.24) is 14.9 Å². The van der Waals surface area contributed by atoms with E-state index >= 15 is 0 Å². The minimum Gasteiger partial charge on any atom is -0.364 e. The molecule has 2 aliphatic heterocycles. The summed E-state index contributed by atoms with van der Waals surface area (Å²) in [7, 11) is 0. The van der Waals surface area contributed by atoms with Crippen molar-refractivity contribution in [3.05, 3.63) is 42.9 Å². The quantitative estimate of drug-likeness (QED) is 0.868. The molecule has 2 aliphatic rings. The first kappa shape index (κ1) is 15.4. The second-order valence-corrected chi connectivity index (χ2v) is 6.93. The zero-order valence-corrected chi connectivity index (χ0v) is 14.5. The van der Waals surface area contributed by atoms with Gasteiger partial charge in [-0.05, 0) is 32.4 Å². The van der Waals surface area contributed by atoms with Crippen molar-refractivity contribution >= 4 is 17.2 Å². The Kier molecular flexibility index (Phi) is 4.10. The Hall–Kier alpha value is -2.14. The Morgan fingerprint density at radius 1 is 1.04 bits per heavy atom. The molecule has 1 aromatic heterocycles. The number of anilines is 3. The number of likely N-dealkylation sites (tertiary alicyclic amines) is 1. The molecule has 3 heterocycles. The van der Waals surface area contributed by atoms with E-state index in [1.165, 1.54) is 24.3 Å². The van der Waals surface area contributed by atoms with Crippen molar-refractivity contribution in [2.45, 2.75) is 32.4 Å². The fourth-order valence-corrected chi connectivity index (χ4v) is 3.92. The summed E-state index contributed by atoms with van der Waals surface area (Å²) in [5.41, 5.74) is 2.57. The summed E-state index contributed by atoms with van der Waals surface area (Å²) < 4.78 is 0. The molecule has 1 atom stereocenters. The third-order valence-electron chi connectivity index (χ3n) is 5.24. The van der Waals surface area contributed by atoms with Gasteiger partial charge in [-0.25, -0.2) is 4.98 Å². The number of benzene rings is 1. The van der Waals surface area contributed by atoms with Gasteiger partial charge >= 0.3 is 0 Å². The third kappa shape index (κ3) is 2.73. The van der Waals surface area contributed by atoms with Crippen LogP contribution in [0.2, 0.25) is 0 Å². The Bertz CT molecular complexity index is 687. The summed E-state index contributed by atoms with van der Waals surface area (Å²) in [6, 6.07) is 9.94. The first-order valence-electron chi connectivity index (χ1n) is 8.87. The minimum atomic E-state index is 0.609. The first-order valence-corrected chi connectivity index (χ1v) is 8.87. The van der Waals surface area contributed by atoms with Crippen molar-refractivity contribution < 1.29 is 0 Å². The van der Waals surface area contributed by atoms with Crippen LogP contribution in [0.5, 0.6) is 0 Å². The van der Waals surface area contributed by atoms with Crippen molar-refractivity contribution in [1.29, 1.82) is 0 Å². The van der Waals surface area contributed by atoms with E-state index in [1.807, 2.05) is 6.20 Å². The molecule has 0 amide bonds. The molecule has 24 heavy (non-hydrogen) atoms. The lowest BCUT2D eigenvalue weighted by atomic mass is 10.1. The molecule has 2 aromatic rings. The van der Waals surface area contributed by atoms with E-state index in [2.05, 4.69) is 62.8 Å². The van der Waals surface area contributed by atoms with Crippen LogP contribution in [0.25, 0.3) is 0 Å². The molecular formula is C19H25N5. The molecule has 4 rings (SSSR count). The Labute approximate surface area is 143 Å². The van der Waals surface area contributed by atoms with E-state index < -0.39 is 0 Å². The Morgan fingerprint density at radius 2 is 1.88 bits per heavy atom. The third-order valence-corrected chi connectivity index (χ3v) is 5.24. The molecule has 1 aromatic carbocycles. The molecule has 1 fully saturated rings. The van der Waals surface area contributed by atoms with Gasteiger partial charge in [-0.1, -0.05) is 12.1 Å². The van der Waals surface area contributed by atoms with Crippen LogP contribution in [0.1, 0.15) is 20.3 Å². The molecule has 5 heteroatoms. The Balaban J connectivity index is 1.63. The van der Waals surface area contributed by atoms with Crippen LogP contribution < -0.4 is 9.80 Å². The number of fused-ring (bicyclic) bond motifs is 1. The summed E-state index contributed by atoms with van der Waals surface area (Å²) in [6.45, 7) is 8.94. The SMILES string of the molecule is CC(C)N1CC[C@H](N2CCN(c3cnccn3)c3ccccc32)C1. The van der Waals surface area contributed by atoms with E-state index in [0.717, 1.165) is 25.5 Å². The highest BCUT2D eigenvalue weighted by atomic mass is 15.3. The van der Waals surface area contributed by atoms with Crippen LogP contribution in [0.3, 0.4) is 0 Å². The standard InChI is InChI=1S/C19H25N5/c1-15(2)22-10-7-16(14-22)23-11-12-24(19-13-20-8-9-21-19)18-6-4-3-5-17(18)23/h3-6,8-9,13,15-16H,7,10-12,14H2,1-2H3/t16-/m0/s1. The topological polar surface area (TPSA) is 35.5 Å². The lowest BCUT2D eigenvalue weighted by molar-refractivity contribution is 0.271. The van der Waals surface area contributed by atoms with Gasteiger partial charge in [-0.15, -0.1) is 0 Å². The molecule has 0 spiro atoms.